The molecule has 0 fully saturated rings. The number of fused-ring (bicyclic) bond motifs is 2. The molecule has 3 N–H and O–H groups in total. The summed E-state index contributed by atoms with van der Waals surface area (Å²) in [6, 6.07) is 15.1. The largest absolute Gasteiger partial charge is 0.352 e. The smallest absolute Gasteiger partial charge is 0.157 e. The van der Waals surface area contributed by atoms with Crippen LogP contribution in [0.2, 0.25) is 0 Å². The van der Waals surface area contributed by atoms with Crippen molar-refractivity contribution in [1.29, 1.82) is 0 Å². The van der Waals surface area contributed by atoms with E-state index in [-0.39, 0.29) is 0 Å². The summed E-state index contributed by atoms with van der Waals surface area (Å²) in [6.07, 6.45) is 6.69. The number of hydrogen-bond donors (Lipinski definition) is 2. The number of aryl methyl sites for hydroxylation is 3. The molecule has 0 radical (unpaired) electrons. The van der Waals surface area contributed by atoms with Gasteiger partial charge < -0.3 is 15.3 Å². The molecule has 0 amide bonds. The Bertz CT molecular complexity index is 1090. The first-order chi connectivity index (χ1) is 13.7. The summed E-state index contributed by atoms with van der Waals surface area (Å²) in [4.78, 5) is 8.74. The molecule has 2 heterocycles. The average Bonchev–Trinajstić information content (AvgIpc) is 3.25. The summed E-state index contributed by atoms with van der Waals surface area (Å²) in [5, 5.41) is 1.34. The van der Waals surface area contributed by atoms with E-state index < -0.39 is 0 Å². The Morgan fingerprint density at radius 2 is 1.86 bits per heavy atom. The number of aromatic amines is 1. The Balaban J connectivity index is 1.89. The number of aromatic nitrogens is 3. The SMILES string of the molecule is CCCCc1cccc2c(CCCCN)c(-c3nc4ccccc4n3C)[nH]c12. The topological polar surface area (TPSA) is 59.6 Å². The van der Waals surface area contributed by atoms with Gasteiger partial charge in [0.05, 0.1) is 16.7 Å². The van der Waals surface area contributed by atoms with Crippen LogP contribution in [-0.4, -0.2) is 21.1 Å². The van der Waals surface area contributed by atoms with E-state index in [1.54, 1.807) is 0 Å². The Morgan fingerprint density at radius 1 is 1.00 bits per heavy atom. The maximum absolute atomic E-state index is 5.76. The van der Waals surface area contributed by atoms with Crippen LogP contribution < -0.4 is 5.73 Å². The molecule has 4 rings (SSSR count). The van der Waals surface area contributed by atoms with Crippen LogP contribution >= 0.6 is 0 Å². The van der Waals surface area contributed by atoms with Crippen LogP contribution in [0.25, 0.3) is 33.5 Å². The maximum atomic E-state index is 5.76. The van der Waals surface area contributed by atoms with Gasteiger partial charge in [-0.1, -0.05) is 43.7 Å². The van der Waals surface area contributed by atoms with Gasteiger partial charge >= 0.3 is 0 Å². The summed E-state index contributed by atoms with van der Waals surface area (Å²) in [6.45, 7) is 2.99. The minimum absolute atomic E-state index is 0.742. The van der Waals surface area contributed by atoms with Gasteiger partial charge in [-0.25, -0.2) is 4.98 Å². The lowest BCUT2D eigenvalue weighted by Gasteiger charge is -2.06. The number of hydrogen-bond acceptors (Lipinski definition) is 2. The van der Waals surface area contributed by atoms with Crippen molar-refractivity contribution in [2.45, 2.75) is 45.4 Å². The average molecular weight is 375 g/mol. The molecule has 2 aromatic carbocycles. The van der Waals surface area contributed by atoms with Crippen molar-refractivity contribution in [2.24, 2.45) is 12.8 Å². The number of nitrogens with one attached hydrogen (secondary N) is 1. The lowest BCUT2D eigenvalue weighted by molar-refractivity contribution is 0.747. The number of imidazole rings is 1. The molecule has 4 aromatic rings. The second-order valence-corrected chi connectivity index (χ2v) is 7.65. The Labute approximate surface area is 166 Å². The summed E-state index contributed by atoms with van der Waals surface area (Å²) >= 11 is 0. The van der Waals surface area contributed by atoms with Crippen molar-refractivity contribution in [3.8, 4) is 11.5 Å². The van der Waals surface area contributed by atoms with E-state index in [2.05, 4.69) is 66.0 Å². The summed E-state index contributed by atoms with van der Waals surface area (Å²) in [5.74, 6) is 1.02. The fourth-order valence-corrected chi connectivity index (χ4v) is 4.18. The zero-order valence-corrected chi connectivity index (χ0v) is 17.0. The van der Waals surface area contributed by atoms with Gasteiger partial charge in [-0.15, -0.1) is 0 Å². The highest BCUT2D eigenvalue weighted by atomic mass is 15.1. The number of nitrogens with two attached hydrogens (primary N) is 1. The quantitative estimate of drug-likeness (QED) is 0.409. The minimum Gasteiger partial charge on any atom is -0.352 e. The molecule has 0 spiro atoms. The van der Waals surface area contributed by atoms with Crippen molar-refractivity contribution in [1.82, 2.24) is 14.5 Å². The zero-order chi connectivity index (χ0) is 19.5. The molecule has 146 valence electrons. The summed E-state index contributed by atoms with van der Waals surface area (Å²) in [7, 11) is 2.11. The number of unbranched alkanes of at least 4 members (excludes halogenated alkanes) is 2. The summed E-state index contributed by atoms with van der Waals surface area (Å²) < 4.78 is 2.21. The van der Waals surface area contributed by atoms with Crippen LogP contribution in [-0.2, 0) is 19.9 Å². The monoisotopic (exact) mass is 374 g/mol. The van der Waals surface area contributed by atoms with Crippen molar-refractivity contribution < 1.29 is 0 Å². The fourth-order valence-electron chi connectivity index (χ4n) is 4.18. The standard InChI is InChI=1S/C24H30N4/c1-3-4-10-17-11-9-13-18-19(12-7-8-16-25)23(27-22(17)18)24-26-20-14-5-6-15-21(20)28(24)2/h5-6,9,11,13-15,27H,3-4,7-8,10,12,16,25H2,1-2H3. The number of rotatable bonds is 8. The summed E-state index contributed by atoms with van der Waals surface area (Å²) in [5.41, 5.74) is 13.2. The van der Waals surface area contributed by atoms with Crippen LogP contribution in [0, 0.1) is 0 Å². The van der Waals surface area contributed by atoms with E-state index in [1.807, 2.05) is 0 Å². The Morgan fingerprint density at radius 3 is 2.64 bits per heavy atom. The fraction of sp³-hybridized carbons (Fsp3) is 0.375. The van der Waals surface area contributed by atoms with Gasteiger partial charge in [0.1, 0.15) is 0 Å². The van der Waals surface area contributed by atoms with Gasteiger partial charge in [-0.05, 0) is 61.9 Å². The van der Waals surface area contributed by atoms with Gasteiger partial charge in [0.25, 0.3) is 0 Å². The van der Waals surface area contributed by atoms with E-state index >= 15 is 0 Å². The molecule has 0 unspecified atom stereocenters. The first kappa shape index (κ1) is 18.8. The molecule has 2 aromatic heterocycles. The molecule has 4 heteroatoms. The predicted octanol–water partition coefficient (Wildman–Crippen LogP) is 5.35. The number of benzene rings is 2. The molecule has 0 aliphatic heterocycles. The third kappa shape index (κ3) is 3.33. The van der Waals surface area contributed by atoms with Crippen LogP contribution in [0.3, 0.4) is 0 Å². The molecular weight excluding hydrogens is 344 g/mol. The normalized spacial score (nSPS) is 11.7. The van der Waals surface area contributed by atoms with Gasteiger partial charge in [0.15, 0.2) is 5.82 Å². The lowest BCUT2D eigenvalue weighted by Crippen LogP contribution is -2.00. The van der Waals surface area contributed by atoms with E-state index in [0.29, 0.717) is 0 Å². The Hall–Kier alpha value is -2.59. The first-order valence-corrected chi connectivity index (χ1v) is 10.5. The highest BCUT2D eigenvalue weighted by Gasteiger charge is 2.19. The molecule has 0 aliphatic rings. The number of H-pyrrole nitrogens is 1. The van der Waals surface area contributed by atoms with Gasteiger partial charge in [-0.3, -0.25) is 0 Å². The number of para-hydroxylation sites is 3. The van der Waals surface area contributed by atoms with Crippen molar-refractivity contribution >= 4 is 21.9 Å². The highest BCUT2D eigenvalue weighted by molar-refractivity contribution is 5.93. The molecule has 0 saturated heterocycles. The first-order valence-electron chi connectivity index (χ1n) is 10.5. The van der Waals surface area contributed by atoms with Crippen molar-refractivity contribution in [3.05, 3.63) is 53.6 Å². The molecule has 4 nitrogen and oxygen atoms in total. The van der Waals surface area contributed by atoms with Crippen molar-refractivity contribution in [2.75, 3.05) is 6.54 Å². The molecule has 0 aliphatic carbocycles. The van der Waals surface area contributed by atoms with Gasteiger partial charge in [0.2, 0.25) is 0 Å². The minimum atomic E-state index is 0.742. The van der Waals surface area contributed by atoms with Crippen LogP contribution in [0.5, 0.6) is 0 Å². The van der Waals surface area contributed by atoms with Crippen LogP contribution in [0.15, 0.2) is 42.5 Å². The van der Waals surface area contributed by atoms with Gasteiger partial charge in [0, 0.05) is 18.0 Å². The van der Waals surface area contributed by atoms with Crippen LogP contribution in [0.1, 0.15) is 43.7 Å². The second-order valence-electron chi connectivity index (χ2n) is 7.65. The van der Waals surface area contributed by atoms with E-state index in [0.717, 1.165) is 54.8 Å². The lowest BCUT2D eigenvalue weighted by atomic mass is 10.0. The third-order valence-corrected chi connectivity index (χ3v) is 5.72. The van der Waals surface area contributed by atoms with Crippen LogP contribution in [0.4, 0.5) is 0 Å². The molecule has 0 bridgehead atoms. The second kappa shape index (κ2) is 8.19. The predicted molar refractivity (Wildman–Crippen MR) is 119 cm³/mol. The highest BCUT2D eigenvalue weighted by Crippen LogP contribution is 2.34. The van der Waals surface area contributed by atoms with Crippen molar-refractivity contribution in [3.63, 3.8) is 0 Å². The van der Waals surface area contributed by atoms with E-state index in [9.17, 15) is 0 Å². The number of nitrogens with zero attached hydrogens (tertiary/aromatic N) is 2. The zero-order valence-electron chi connectivity index (χ0n) is 17.0. The molecule has 0 atom stereocenters. The van der Waals surface area contributed by atoms with Gasteiger partial charge in [-0.2, -0.15) is 0 Å². The molecular formula is C24H30N4. The van der Waals surface area contributed by atoms with E-state index in [4.69, 9.17) is 10.7 Å². The van der Waals surface area contributed by atoms with E-state index in [1.165, 1.54) is 34.9 Å². The maximum Gasteiger partial charge on any atom is 0.157 e. The molecule has 28 heavy (non-hydrogen) atoms. The Kier molecular flexibility index (Phi) is 5.49. The third-order valence-electron chi connectivity index (χ3n) is 5.72. The molecule has 0 saturated carbocycles.